The largest absolute Gasteiger partial charge is 0.507 e. The van der Waals surface area contributed by atoms with Crippen LogP contribution in [0, 0.1) is 20.8 Å². The Balaban J connectivity index is -0.00000111. The van der Waals surface area contributed by atoms with Gasteiger partial charge in [0.05, 0.1) is 24.3 Å². The van der Waals surface area contributed by atoms with Crippen LogP contribution in [0.2, 0.25) is 0 Å². The first-order valence-electron chi connectivity index (χ1n) is 11.5. The first-order valence-corrected chi connectivity index (χ1v) is 11.5. The van der Waals surface area contributed by atoms with Crippen molar-refractivity contribution in [3.8, 4) is 5.75 Å². The summed E-state index contributed by atoms with van der Waals surface area (Å²) in [6.45, 7) is 21.6. The number of hydrogen-bond donors (Lipinski definition) is 1. The van der Waals surface area contributed by atoms with E-state index in [1.165, 1.54) is 0 Å². The number of phenolic OH excluding ortho intramolecular Hbond substituents is 1. The molecule has 0 atom stereocenters. The number of carbonyl (C=O) groups is 2. The molecule has 1 rings (SSSR count). The Morgan fingerprint density at radius 2 is 0.967 bits per heavy atom. The molecule has 1 aromatic rings. The van der Waals surface area contributed by atoms with Gasteiger partial charge in [0.1, 0.15) is 5.75 Å². The minimum absolute atomic E-state index is 0.0644. The molecule has 0 spiro atoms. The lowest BCUT2D eigenvalue weighted by Gasteiger charge is -2.18. The molecule has 0 aliphatic rings. The second-order valence-electron chi connectivity index (χ2n) is 5.95. The fourth-order valence-electron chi connectivity index (χ4n) is 2.58. The van der Waals surface area contributed by atoms with Crippen LogP contribution in [-0.2, 0) is 9.47 Å². The Kier molecular flexibility index (Phi) is 22.0. The number of rotatable bonds is 8. The number of ether oxygens (including phenoxy) is 2. The number of benzene rings is 1. The van der Waals surface area contributed by atoms with Gasteiger partial charge in [-0.1, -0.05) is 68.2 Å². The Labute approximate surface area is 185 Å². The molecule has 0 aliphatic heterocycles. The molecule has 0 aromatic heterocycles. The van der Waals surface area contributed by atoms with Gasteiger partial charge in [0.2, 0.25) is 0 Å². The molecular formula is C25H46O5. The van der Waals surface area contributed by atoms with E-state index in [0.717, 1.165) is 25.7 Å². The third kappa shape index (κ3) is 10.1. The summed E-state index contributed by atoms with van der Waals surface area (Å²) < 4.78 is 10.5. The van der Waals surface area contributed by atoms with Crippen LogP contribution in [0.3, 0.4) is 0 Å². The molecule has 1 N–H and O–H groups in total. The van der Waals surface area contributed by atoms with Gasteiger partial charge in [0.15, 0.2) is 0 Å². The van der Waals surface area contributed by atoms with Crippen LogP contribution in [-0.4, -0.2) is 30.3 Å². The number of phenols is 1. The van der Waals surface area contributed by atoms with Crippen LogP contribution in [0.4, 0.5) is 0 Å². The predicted octanol–water partition coefficient (Wildman–Crippen LogP) is 7.31. The fraction of sp³-hybridized carbons (Fsp3) is 0.680. The van der Waals surface area contributed by atoms with Crippen molar-refractivity contribution in [1.29, 1.82) is 0 Å². The van der Waals surface area contributed by atoms with Gasteiger partial charge in [-0.15, -0.1) is 0 Å². The molecule has 0 saturated carbocycles. The van der Waals surface area contributed by atoms with Gasteiger partial charge in [0.25, 0.3) is 0 Å². The number of carbonyl (C=O) groups excluding carboxylic acids is 2. The van der Waals surface area contributed by atoms with Crippen LogP contribution >= 0.6 is 0 Å². The molecule has 5 nitrogen and oxygen atoms in total. The normalized spacial score (nSPS) is 9.03. The highest BCUT2D eigenvalue weighted by Crippen LogP contribution is 2.33. The van der Waals surface area contributed by atoms with Gasteiger partial charge in [-0.25, -0.2) is 9.59 Å². The number of hydrogen-bond acceptors (Lipinski definition) is 5. The minimum Gasteiger partial charge on any atom is -0.507 e. The van der Waals surface area contributed by atoms with E-state index < -0.39 is 11.9 Å². The lowest BCUT2D eigenvalue weighted by molar-refractivity contribution is 0.0494. The zero-order valence-corrected chi connectivity index (χ0v) is 21.3. The Morgan fingerprint density at radius 1 is 0.667 bits per heavy atom. The van der Waals surface area contributed by atoms with Crippen molar-refractivity contribution in [3.63, 3.8) is 0 Å². The standard InChI is InChI=1S/C19H28O5.3C2H6/c1-6-8-10-23-18(21)15-12(3)16(14(5)17(20)13(15)4)19(22)24-11-9-7-2;3*1-2/h20H,6-11H2,1-5H3;3*1-2H3. The lowest BCUT2D eigenvalue weighted by Crippen LogP contribution is -2.17. The minimum atomic E-state index is -0.517. The topological polar surface area (TPSA) is 72.8 Å². The highest BCUT2D eigenvalue weighted by molar-refractivity contribution is 6.01. The molecule has 0 amide bonds. The summed E-state index contributed by atoms with van der Waals surface area (Å²) in [5.41, 5.74) is 1.84. The molecule has 1 aromatic carbocycles. The van der Waals surface area contributed by atoms with Crippen LogP contribution in [0.5, 0.6) is 5.75 Å². The molecule has 0 bridgehead atoms. The van der Waals surface area contributed by atoms with Gasteiger partial charge in [0, 0.05) is 11.1 Å². The van der Waals surface area contributed by atoms with Crippen LogP contribution < -0.4 is 0 Å². The van der Waals surface area contributed by atoms with E-state index in [9.17, 15) is 14.7 Å². The van der Waals surface area contributed by atoms with Crippen molar-refractivity contribution in [1.82, 2.24) is 0 Å². The average Bonchev–Trinajstić information content (AvgIpc) is 2.77. The smallest absolute Gasteiger partial charge is 0.338 e. The van der Waals surface area contributed by atoms with Crippen LogP contribution in [0.1, 0.15) is 118 Å². The summed E-state index contributed by atoms with van der Waals surface area (Å²) in [5, 5.41) is 10.3. The molecule has 0 heterocycles. The molecule has 0 radical (unpaired) electrons. The SMILES string of the molecule is CC.CC.CC.CCCCOC(=O)c1c(C)c(O)c(C)c(C(=O)OCCCC)c1C. The maximum absolute atomic E-state index is 12.4. The maximum Gasteiger partial charge on any atom is 0.338 e. The third-order valence-corrected chi connectivity index (χ3v) is 4.08. The van der Waals surface area contributed by atoms with Gasteiger partial charge >= 0.3 is 11.9 Å². The zero-order chi connectivity index (χ0) is 24.3. The molecule has 0 fully saturated rings. The summed E-state index contributed by atoms with van der Waals surface area (Å²) in [7, 11) is 0. The Morgan fingerprint density at radius 3 is 1.23 bits per heavy atom. The van der Waals surface area contributed by atoms with Crippen molar-refractivity contribution < 1.29 is 24.2 Å². The first-order chi connectivity index (χ1) is 14.4. The van der Waals surface area contributed by atoms with E-state index in [0.29, 0.717) is 29.9 Å². The number of aromatic hydroxyl groups is 1. The maximum atomic E-state index is 12.4. The Bertz CT molecular complexity index is 557. The summed E-state index contributed by atoms with van der Waals surface area (Å²) in [6, 6.07) is 0. The number of esters is 2. The number of unbranched alkanes of at least 4 members (excludes halogenated alkanes) is 2. The third-order valence-electron chi connectivity index (χ3n) is 4.08. The van der Waals surface area contributed by atoms with E-state index in [1.54, 1.807) is 20.8 Å². The summed E-state index contributed by atoms with van der Waals surface area (Å²) in [5.74, 6) is -1.10. The monoisotopic (exact) mass is 426 g/mol. The molecule has 5 heteroatoms. The lowest BCUT2D eigenvalue weighted by atomic mass is 9.92. The van der Waals surface area contributed by atoms with Crippen molar-refractivity contribution >= 4 is 11.9 Å². The van der Waals surface area contributed by atoms with Crippen molar-refractivity contribution in [2.75, 3.05) is 13.2 Å². The summed E-state index contributed by atoms with van der Waals surface area (Å²) >= 11 is 0. The Hall–Kier alpha value is -2.04. The second kappa shape index (κ2) is 20.2. The van der Waals surface area contributed by atoms with Gasteiger partial charge in [-0.2, -0.15) is 0 Å². The first kappa shape index (κ1) is 32.6. The summed E-state index contributed by atoms with van der Waals surface area (Å²) in [4.78, 5) is 24.7. The highest BCUT2D eigenvalue weighted by atomic mass is 16.5. The van der Waals surface area contributed by atoms with Crippen molar-refractivity contribution in [2.24, 2.45) is 0 Å². The molecule has 30 heavy (non-hydrogen) atoms. The van der Waals surface area contributed by atoms with Gasteiger partial charge in [-0.3, -0.25) is 0 Å². The van der Waals surface area contributed by atoms with Crippen LogP contribution in [0.25, 0.3) is 0 Å². The van der Waals surface area contributed by atoms with Crippen molar-refractivity contribution in [2.45, 2.75) is 102 Å². The van der Waals surface area contributed by atoms with E-state index in [2.05, 4.69) is 0 Å². The van der Waals surface area contributed by atoms with E-state index in [4.69, 9.17) is 9.47 Å². The van der Waals surface area contributed by atoms with Crippen LogP contribution in [0.15, 0.2) is 0 Å². The van der Waals surface area contributed by atoms with E-state index >= 15 is 0 Å². The second-order valence-corrected chi connectivity index (χ2v) is 5.95. The quantitative estimate of drug-likeness (QED) is 0.348. The molecular weight excluding hydrogens is 380 g/mol. The fourth-order valence-corrected chi connectivity index (χ4v) is 2.58. The molecule has 0 unspecified atom stereocenters. The highest BCUT2D eigenvalue weighted by Gasteiger charge is 2.26. The molecule has 176 valence electrons. The van der Waals surface area contributed by atoms with Gasteiger partial charge < -0.3 is 14.6 Å². The van der Waals surface area contributed by atoms with Crippen molar-refractivity contribution in [3.05, 3.63) is 27.8 Å². The predicted molar refractivity (Wildman–Crippen MR) is 127 cm³/mol. The van der Waals surface area contributed by atoms with E-state index in [-0.39, 0.29) is 16.9 Å². The molecule has 0 aliphatic carbocycles. The molecule has 0 saturated heterocycles. The average molecular weight is 427 g/mol. The van der Waals surface area contributed by atoms with E-state index in [1.807, 2.05) is 55.4 Å². The zero-order valence-electron chi connectivity index (χ0n) is 21.3. The van der Waals surface area contributed by atoms with Gasteiger partial charge in [-0.05, 0) is 39.2 Å². The summed E-state index contributed by atoms with van der Waals surface area (Å²) in [6.07, 6.45) is 3.37.